The molecule has 0 aromatic heterocycles. The summed E-state index contributed by atoms with van der Waals surface area (Å²) >= 11 is 0. The molecule has 1 N–H and O–H groups in total. The molecule has 0 unspecified atom stereocenters. The molecule has 0 radical (unpaired) electrons. The van der Waals surface area contributed by atoms with Crippen molar-refractivity contribution < 1.29 is 15.4 Å². The van der Waals surface area contributed by atoms with Crippen LogP contribution in [0.2, 0.25) is 0 Å². The Morgan fingerprint density at radius 1 is 0.652 bits per heavy atom. The van der Waals surface area contributed by atoms with E-state index in [2.05, 4.69) is 6.92 Å². The number of unbranched alkanes of at least 4 members (excludes halogenated alkanes) is 14. The Labute approximate surface area is 190 Å². The summed E-state index contributed by atoms with van der Waals surface area (Å²) < 4.78 is 0. The van der Waals surface area contributed by atoms with Gasteiger partial charge in [0.15, 0.2) is 0 Å². The third-order valence-corrected chi connectivity index (χ3v) is 3.98. The van der Waals surface area contributed by atoms with Crippen molar-refractivity contribution in [2.75, 3.05) is 0 Å². The van der Waals surface area contributed by atoms with Gasteiger partial charge < -0.3 is 15.4 Å². The molecule has 0 amide bonds. The van der Waals surface area contributed by atoms with Crippen molar-refractivity contribution in [2.45, 2.75) is 110 Å². The first-order valence-corrected chi connectivity index (χ1v) is 8.97. The molecule has 0 aromatic carbocycles. The van der Waals surface area contributed by atoms with Gasteiger partial charge in [0.05, 0.1) is 0 Å². The SMILES string of the molecule is CCCCCCCCCCCCCCCCCC(=O)[O-].[Ca+2].[Mg+2].[OH-]. The predicted octanol–water partition coefficient (Wildman–Crippen LogP) is 4.06. The minimum absolute atomic E-state index is 0. The Morgan fingerprint density at radius 3 is 1.17 bits per heavy atom. The number of rotatable bonds is 16. The van der Waals surface area contributed by atoms with Crippen LogP contribution in [0.25, 0.3) is 0 Å². The average molecular weight is 365 g/mol. The molecule has 3 nitrogen and oxygen atoms in total. The van der Waals surface area contributed by atoms with Crippen molar-refractivity contribution in [3.05, 3.63) is 0 Å². The summed E-state index contributed by atoms with van der Waals surface area (Å²) in [6.45, 7) is 2.27. The molecular weight excluding hydrogens is 329 g/mol. The predicted molar refractivity (Wildman–Crippen MR) is 98.0 cm³/mol. The first kappa shape index (κ1) is 32.2. The van der Waals surface area contributed by atoms with Crippen LogP contribution in [0.1, 0.15) is 110 Å². The van der Waals surface area contributed by atoms with Crippen LogP contribution in [-0.2, 0) is 4.79 Å². The van der Waals surface area contributed by atoms with E-state index in [0.29, 0.717) is 0 Å². The molecule has 0 spiro atoms. The summed E-state index contributed by atoms with van der Waals surface area (Å²) in [7, 11) is 0. The molecule has 0 saturated carbocycles. The van der Waals surface area contributed by atoms with Crippen LogP contribution in [0.15, 0.2) is 0 Å². The Kier molecular flexibility index (Phi) is 39.5. The molecule has 23 heavy (non-hydrogen) atoms. The number of carboxylic acids is 1. The number of carbonyl (C=O) groups excluding carboxylic acids is 1. The van der Waals surface area contributed by atoms with Crippen molar-refractivity contribution >= 4 is 66.8 Å². The summed E-state index contributed by atoms with van der Waals surface area (Å²) in [5.74, 6) is -0.903. The zero-order valence-electron chi connectivity index (χ0n) is 15.5. The molecule has 0 rings (SSSR count). The van der Waals surface area contributed by atoms with Gasteiger partial charge in [0.1, 0.15) is 0 Å². The van der Waals surface area contributed by atoms with Crippen molar-refractivity contribution in [1.82, 2.24) is 0 Å². The largest absolute Gasteiger partial charge is 2.00 e. The van der Waals surface area contributed by atoms with Crippen molar-refractivity contribution in [3.63, 3.8) is 0 Å². The molecule has 0 bridgehead atoms. The van der Waals surface area contributed by atoms with Crippen LogP contribution < -0.4 is 5.11 Å². The molecule has 5 heteroatoms. The van der Waals surface area contributed by atoms with Gasteiger partial charge >= 0.3 is 60.8 Å². The Morgan fingerprint density at radius 2 is 0.913 bits per heavy atom. The molecule has 0 aromatic rings. The van der Waals surface area contributed by atoms with E-state index < -0.39 is 5.97 Å². The first-order valence-electron chi connectivity index (χ1n) is 8.97. The summed E-state index contributed by atoms with van der Waals surface area (Å²) in [5, 5.41) is 10.2. The van der Waals surface area contributed by atoms with Crippen LogP contribution in [0, 0.1) is 0 Å². The Balaban J connectivity index is -0.000000602. The van der Waals surface area contributed by atoms with E-state index in [1.165, 1.54) is 83.5 Å². The second-order valence-corrected chi connectivity index (χ2v) is 6.07. The number of hydrogen-bond donors (Lipinski definition) is 0. The molecule has 0 atom stereocenters. The summed E-state index contributed by atoms with van der Waals surface area (Å²) in [5.41, 5.74) is 0. The maximum atomic E-state index is 10.2. The van der Waals surface area contributed by atoms with Crippen LogP contribution in [0.5, 0.6) is 0 Å². The zero-order valence-corrected chi connectivity index (χ0v) is 19.1. The van der Waals surface area contributed by atoms with Gasteiger partial charge in [-0.3, -0.25) is 0 Å². The third-order valence-electron chi connectivity index (χ3n) is 3.98. The normalized spacial score (nSPS) is 9.43. The topological polar surface area (TPSA) is 70.1 Å². The molecule has 0 saturated heterocycles. The molecule has 0 aliphatic rings. The number of carboxylic acid groups (broad SMARTS) is 1. The van der Waals surface area contributed by atoms with Gasteiger partial charge in [0.25, 0.3) is 0 Å². The quantitative estimate of drug-likeness (QED) is 0.306. The molecular formula is C18H36CaMgO3+2. The second kappa shape index (κ2) is 28.3. The van der Waals surface area contributed by atoms with Crippen molar-refractivity contribution in [2.24, 2.45) is 0 Å². The van der Waals surface area contributed by atoms with E-state index in [4.69, 9.17) is 0 Å². The van der Waals surface area contributed by atoms with E-state index in [1.54, 1.807) is 0 Å². The van der Waals surface area contributed by atoms with Crippen LogP contribution >= 0.6 is 0 Å². The van der Waals surface area contributed by atoms with Gasteiger partial charge in [-0.05, 0) is 12.8 Å². The minimum Gasteiger partial charge on any atom is -0.870 e. The van der Waals surface area contributed by atoms with Crippen molar-refractivity contribution in [1.29, 1.82) is 0 Å². The van der Waals surface area contributed by atoms with E-state index in [0.717, 1.165) is 12.8 Å². The average Bonchev–Trinajstić information content (AvgIpc) is 2.43. The summed E-state index contributed by atoms with van der Waals surface area (Å²) in [6.07, 6.45) is 19.9. The zero-order chi connectivity index (χ0) is 14.9. The van der Waals surface area contributed by atoms with Gasteiger partial charge in [-0.25, -0.2) is 0 Å². The summed E-state index contributed by atoms with van der Waals surface area (Å²) in [4.78, 5) is 10.2. The fraction of sp³-hybridized carbons (Fsp3) is 0.944. The maximum absolute atomic E-state index is 10.2. The van der Waals surface area contributed by atoms with Gasteiger partial charge in [0.2, 0.25) is 0 Å². The van der Waals surface area contributed by atoms with Gasteiger partial charge in [-0.2, -0.15) is 0 Å². The number of aliphatic carboxylic acids is 1. The number of carbonyl (C=O) groups is 1. The van der Waals surface area contributed by atoms with Gasteiger partial charge in [0, 0.05) is 5.97 Å². The molecule has 0 heterocycles. The van der Waals surface area contributed by atoms with Gasteiger partial charge in [-0.1, -0.05) is 96.8 Å². The summed E-state index contributed by atoms with van der Waals surface area (Å²) in [6, 6.07) is 0. The first-order chi connectivity index (χ1) is 9.77. The fourth-order valence-corrected chi connectivity index (χ4v) is 2.64. The fourth-order valence-electron chi connectivity index (χ4n) is 2.64. The van der Waals surface area contributed by atoms with E-state index in [-0.39, 0.29) is 72.7 Å². The second-order valence-electron chi connectivity index (χ2n) is 6.07. The van der Waals surface area contributed by atoms with Crippen LogP contribution in [0.3, 0.4) is 0 Å². The minimum atomic E-state index is -0.903. The number of hydrogen-bond acceptors (Lipinski definition) is 3. The smallest absolute Gasteiger partial charge is 0.870 e. The van der Waals surface area contributed by atoms with E-state index in [1.807, 2.05) is 0 Å². The van der Waals surface area contributed by atoms with Gasteiger partial charge in [-0.15, -0.1) is 0 Å². The van der Waals surface area contributed by atoms with Crippen molar-refractivity contribution in [3.8, 4) is 0 Å². The maximum Gasteiger partial charge on any atom is 2.00 e. The van der Waals surface area contributed by atoms with E-state index >= 15 is 0 Å². The van der Waals surface area contributed by atoms with Crippen LogP contribution in [0.4, 0.5) is 0 Å². The Bertz CT molecular complexity index is 216. The third kappa shape index (κ3) is 31.7. The standard InChI is InChI=1S/C18H36O2.Ca.Mg.H2O/c1-2-3-4-5-6-7-8-9-10-11-12-13-14-15-16-17-18(19)20;;;/h2-17H2,1H3,(H,19,20);;;1H2/q;2*+2;/p-2. The Hall–Kier alpha value is 1.46. The molecule has 0 fully saturated rings. The molecule has 128 valence electrons. The van der Waals surface area contributed by atoms with E-state index in [9.17, 15) is 9.90 Å². The van der Waals surface area contributed by atoms with Crippen LogP contribution in [-0.4, -0.2) is 72.2 Å². The molecule has 0 aliphatic carbocycles. The molecule has 0 aliphatic heterocycles. The monoisotopic (exact) mass is 364 g/mol.